The van der Waals surface area contributed by atoms with Gasteiger partial charge in [0.2, 0.25) is 0 Å². The van der Waals surface area contributed by atoms with Crippen molar-refractivity contribution in [3.8, 4) is 0 Å². The van der Waals surface area contributed by atoms with E-state index < -0.39 is 24.0 Å². The van der Waals surface area contributed by atoms with Crippen molar-refractivity contribution in [1.82, 2.24) is 14.5 Å². The van der Waals surface area contributed by atoms with Gasteiger partial charge in [0.15, 0.2) is 6.10 Å². The zero-order chi connectivity index (χ0) is 13.3. The first-order valence-corrected chi connectivity index (χ1v) is 5.68. The van der Waals surface area contributed by atoms with E-state index in [2.05, 4.69) is 23.7 Å². The highest BCUT2D eigenvalue weighted by atomic mass is 31.0. The van der Waals surface area contributed by atoms with Crippen LogP contribution in [0.4, 0.5) is 5.95 Å². The average molecular weight is 270 g/mol. The number of ether oxygens (including phenoxy) is 1. The molecule has 96 valence electrons. The molecule has 1 aromatic heterocycles. The summed E-state index contributed by atoms with van der Waals surface area (Å²) < 4.78 is 9.98. The van der Waals surface area contributed by atoms with E-state index in [4.69, 9.17) is 9.84 Å². The second kappa shape index (κ2) is 4.91. The van der Waals surface area contributed by atoms with E-state index in [0.29, 0.717) is 6.42 Å². The van der Waals surface area contributed by atoms with Crippen molar-refractivity contribution in [3.63, 3.8) is 0 Å². The molecule has 1 aromatic rings. The minimum Gasteiger partial charge on any atom is -0.479 e. The number of carbonyl (C=O) groups is 1. The number of aliphatic carboxylic acids is 1. The number of nitrogens with zero attached hydrogens (tertiary/aromatic N) is 4. The monoisotopic (exact) mass is 270 g/mol. The normalized spacial score (nSPS) is 27.1. The third kappa shape index (κ3) is 2.30. The average Bonchev–Trinajstić information content (AvgIpc) is 2.71. The van der Waals surface area contributed by atoms with Gasteiger partial charge in [-0.1, -0.05) is 6.92 Å². The summed E-state index contributed by atoms with van der Waals surface area (Å²) in [6.45, 7) is 1.76. The topological polar surface area (TPSA) is 107 Å². The molecule has 0 saturated carbocycles. The van der Waals surface area contributed by atoms with E-state index in [1.807, 2.05) is 0 Å². The van der Waals surface area contributed by atoms with Crippen LogP contribution in [0, 0.1) is 5.92 Å². The first kappa shape index (κ1) is 12.8. The molecule has 0 radical (unpaired) electrons. The van der Waals surface area contributed by atoms with Gasteiger partial charge in [-0.2, -0.15) is 9.73 Å². The van der Waals surface area contributed by atoms with Gasteiger partial charge in [0.25, 0.3) is 5.95 Å². The molecule has 2 rings (SSSR count). The third-order valence-corrected chi connectivity index (χ3v) is 2.96. The Morgan fingerprint density at radius 3 is 2.94 bits per heavy atom. The minimum absolute atomic E-state index is 0.00810. The van der Waals surface area contributed by atoms with Crippen LogP contribution >= 0.6 is 9.03 Å². The minimum atomic E-state index is -1.04. The van der Waals surface area contributed by atoms with Crippen molar-refractivity contribution < 1.29 is 14.6 Å². The third-order valence-electron chi connectivity index (χ3n) is 2.76. The van der Waals surface area contributed by atoms with Crippen LogP contribution in [0.3, 0.4) is 0 Å². The summed E-state index contributed by atoms with van der Waals surface area (Å²) in [4.78, 5) is 30.0. The van der Waals surface area contributed by atoms with Crippen LogP contribution in [0.25, 0.3) is 0 Å². The summed E-state index contributed by atoms with van der Waals surface area (Å²) in [5.41, 5.74) is -0.578. The highest BCUT2D eigenvalue weighted by Gasteiger charge is 2.38. The summed E-state index contributed by atoms with van der Waals surface area (Å²) >= 11 is 0. The highest BCUT2D eigenvalue weighted by Crippen LogP contribution is 2.32. The molecular formula is C9H11N4O4P. The Morgan fingerprint density at radius 1 is 1.72 bits per heavy atom. The molecule has 0 bridgehead atoms. The van der Waals surface area contributed by atoms with Crippen molar-refractivity contribution in [3.05, 3.63) is 16.8 Å². The molecule has 1 saturated heterocycles. The summed E-state index contributed by atoms with van der Waals surface area (Å²) in [7, 11) is 2.83. The molecule has 18 heavy (non-hydrogen) atoms. The van der Waals surface area contributed by atoms with Crippen LogP contribution in [0.15, 0.2) is 15.9 Å². The van der Waals surface area contributed by atoms with E-state index >= 15 is 0 Å². The van der Waals surface area contributed by atoms with Crippen molar-refractivity contribution in [1.29, 1.82) is 0 Å². The fourth-order valence-corrected chi connectivity index (χ4v) is 1.98. The fraction of sp³-hybridized carbons (Fsp3) is 0.556. The molecule has 0 unspecified atom stereocenters. The second-order valence-corrected chi connectivity index (χ2v) is 4.24. The van der Waals surface area contributed by atoms with Gasteiger partial charge < -0.3 is 9.84 Å². The summed E-state index contributed by atoms with van der Waals surface area (Å²) in [6.07, 6.45) is 0.0972. The maximum absolute atomic E-state index is 11.7. The zero-order valence-corrected chi connectivity index (χ0v) is 10.5. The van der Waals surface area contributed by atoms with Gasteiger partial charge in [-0.25, -0.2) is 14.6 Å². The quantitative estimate of drug-likeness (QED) is 0.806. The van der Waals surface area contributed by atoms with Crippen LogP contribution in [0.1, 0.15) is 19.6 Å². The predicted molar refractivity (Wildman–Crippen MR) is 62.0 cm³/mol. The molecule has 2 heterocycles. The highest BCUT2D eigenvalue weighted by molar-refractivity contribution is 7.04. The molecule has 0 spiro atoms. The summed E-state index contributed by atoms with van der Waals surface area (Å²) in [5.74, 6) is -1.21. The van der Waals surface area contributed by atoms with Crippen LogP contribution in [-0.2, 0) is 9.53 Å². The van der Waals surface area contributed by atoms with E-state index in [1.54, 1.807) is 6.92 Å². The van der Waals surface area contributed by atoms with Gasteiger partial charge in [-0.3, -0.25) is 4.57 Å². The van der Waals surface area contributed by atoms with Crippen molar-refractivity contribution in [2.45, 2.75) is 25.7 Å². The molecule has 0 aromatic carbocycles. The van der Waals surface area contributed by atoms with E-state index in [9.17, 15) is 9.59 Å². The molecular weight excluding hydrogens is 259 g/mol. The molecule has 0 amide bonds. The molecule has 3 atom stereocenters. The van der Waals surface area contributed by atoms with Gasteiger partial charge >= 0.3 is 11.7 Å². The van der Waals surface area contributed by atoms with Crippen LogP contribution in [0.5, 0.6) is 0 Å². The lowest BCUT2D eigenvalue weighted by atomic mass is 10.0. The molecule has 0 aliphatic carbocycles. The van der Waals surface area contributed by atoms with Gasteiger partial charge in [0.05, 0.1) is 0 Å². The Balaban J connectivity index is 2.26. The Bertz CT molecular complexity index is 546. The number of aromatic nitrogens is 3. The Labute approximate surface area is 104 Å². The number of hydrogen-bond donors (Lipinski definition) is 1. The van der Waals surface area contributed by atoms with Crippen LogP contribution in [-0.4, -0.2) is 31.7 Å². The zero-order valence-electron chi connectivity index (χ0n) is 9.48. The number of rotatable bonds is 3. The lowest BCUT2D eigenvalue weighted by molar-refractivity contribution is -0.153. The smallest absolute Gasteiger partial charge is 0.354 e. The van der Waals surface area contributed by atoms with Crippen molar-refractivity contribution in [2.75, 3.05) is 0 Å². The van der Waals surface area contributed by atoms with Gasteiger partial charge in [-0.05, 0) is 21.4 Å². The first-order chi connectivity index (χ1) is 8.52. The standard InChI is InChI=1S/C9H11N4O4P/c1-4-2-5(17-6(4)7(14)15)13-3-10-8(12-18)11-9(13)16/h3-6,18H,2H2,1H3,(H,14,15)/t4-,5+,6-/m0/s1. The van der Waals surface area contributed by atoms with E-state index in [-0.39, 0.29) is 11.9 Å². The van der Waals surface area contributed by atoms with Crippen LogP contribution in [0.2, 0.25) is 0 Å². The molecule has 1 aliphatic rings. The first-order valence-electron chi connectivity index (χ1n) is 5.24. The predicted octanol–water partition coefficient (Wildman–Crippen LogP) is 0.604. The van der Waals surface area contributed by atoms with Crippen molar-refractivity contribution in [2.24, 2.45) is 10.7 Å². The molecule has 1 fully saturated rings. The summed E-state index contributed by atoms with van der Waals surface area (Å²) in [6, 6.07) is 0. The lowest BCUT2D eigenvalue weighted by Crippen LogP contribution is -2.29. The molecule has 9 heteroatoms. The number of hydrogen-bond acceptors (Lipinski definition) is 6. The summed E-state index contributed by atoms with van der Waals surface area (Å²) in [5, 5.41) is 8.93. The molecule has 1 N–H and O–H groups in total. The fourth-order valence-electron chi connectivity index (χ4n) is 1.87. The van der Waals surface area contributed by atoms with Gasteiger partial charge in [-0.15, -0.1) is 0 Å². The Morgan fingerprint density at radius 2 is 2.44 bits per heavy atom. The van der Waals surface area contributed by atoms with E-state index in [1.165, 1.54) is 10.9 Å². The van der Waals surface area contributed by atoms with Crippen molar-refractivity contribution >= 4 is 20.9 Å². The van der Waals surface area contributed by atoms with Crippen LogP contribution < -0.4 is 5.69 Å². The maximum atomic E-state index is 11.7. The second-order valence-electron chi connectivity index (χ2n) is 4.02. The molecule has 8 nitrogen and oxygen atoms in total. The van der Waals surface area contributed by atoms with E-state index in [0.717, 1.165) is 0 Å². The molecule has 1 aliphatic heterocycles. The Kier molecular flexibility index (Phi) is 3.49. The largest absolute Gasteiger partial charge is 0.479 e. The van der Waals surface area contributed by atoms with Gasteiger partial charge in [0, 0.05) is 0 Å². The lowest BCUT2D eigenvalue weighted by Gasteiger charge is -2.12. The SMILES string of the molecule is C[C@H]1C[C@H](n2cnc(N=P)nc2=O)O[C@@H]1C(=O)O. The van der Waals surface area contributed by atoms with Gasteiger partial charge in [0.1, 0.15) is 12.6 Å². The number of carboxylic acids is 1. The Hall–Kier alpha value is -1.66. The number of carboxylic acid groups (broad SMARTS) is 1. The maximum Gasteiger partial charge on any atom is 0.354 e.